The summed E-state index contributed by atoms with van der Waals surface area (Å²) < 4.78 is 0. The molecule has 1 aliphatic rings. The molecule has 0 amide bonds. The van der Waals surface area contributed by atoms with Crippen LogP contribution >= 0.6 is 24.0 Å². The molecule has 1 fully saturated rings. The summed E-state index contributed by atoms with van der Waals surface area (Å²) in [6.45, 7) is 9.44. The van der Waals surface area contributed by atoms with E-state index < -0.39 is 0 Å². The van der Waals surface area contributed by atoms with Crippen LogP contribution in [0.2, 0.25) is 0 Å². The largest absolute Gasteiger partial charge is 0.506 e. The number of phenolic OH excluding ortho intramolecular Hbond substituents is 1. The molecule has 0 saturated carbocycles. The van der Waals surface area contributed by atoms with Gasteiger partial charge in [-0.2, -0.15) is 0 Å². The first-order valence-corrected chi connectivity index (χ1v) is 7.32. The molecule has 1 aliphatic heterocycles. The van der Waals surface area contributed by atoms with Crippen LogP contribution in [0.1, 0.15) is 13.8 Å². The fourth-order valence-electron chi connectivity index (χ4n) is 2.47. The molecule has 118 valence electrons. The van der Waals surface area contributed by atoms with E-state index >= 15 is 0 Å². The Morgan fingerprint density at radius 1 is 1.19 bits per heavy atom. The number of aliphatic imine (C=N–C) groups is 1. The minimum absolute atomic E-state index is 0. The summed E-state index contributed by atoms with van der Waals surface area (Å²) in [6, 6.07) is 7.52. The Morgan fingerprint density at radius 2 is 1.86 bits per heavy atom. The van der Waals surface area contributed by atoms with E-state index in [4.69, 9.17) is 0 Å². The zero-order chi connectivity index (χ0) is 14.4. The summed E-state index contributed by atoms with van der Waals surface area (Å²) >= 11 is 0. The quantitative estimate of drug-likeness (QED) is 0.461. The number of anilines is 1. The predicted octanol–water partition coefficient (Wildman–Crippen LogP) is 2.12. The fourth-order valence-corrected chi connectivity index (χ4v) is 2.47. The molecule has 1 heterocycles. The summed E-state index contributed by atoms with van der Waals surface area (Å²) in [6.07, 6.45) is 0. The molecule has 0 atom stereocenters. The van der Waals surface area contributed by atoms with E-state index in [1.54, 1.807) is 6.07 Å². The number of rotatable bonds is 3. The number of benzene rings is 1. The Morgan fingerprint density at radius 3 is 2.43 bits per heavy atom. The zero-order valence-electron chi connectivity index (χ0n) is 12.7. The van der Waals surface area contributed by atoms with Crippen LogP contribution in [0.4, 0.5) is 5.69 Å². The Kier molecular flexibility index (Phi) is 7.63. The van der Waals surface area contributed by atoms with Gasteiger partial charge in [0.15, 0.2) is 5.96 Å². The summed E-state index contributed by atoms with van der Waals surface area (Å²) in [5.74, 6) is 1.35. The lowest BCUT2D eigenvalue weighted by atomic mass is 10.2. The van der Waals surface area contributed by atoms with Crippen molar-refractivity contribution in [2.75, 3.05) is 44.2 Å². The third kappa shape index (κ3) is 4.66. The molecule has 5 nitrogen and oxygen atoms in total. The lowest BCUT2D eigenvalue weighted by Crippen LogP contribution is -2.52. The van der Waals surface area contributed by atoms with Crippen LogP contribution < -0.4 is 10.2 Å². The topological polar surface area (TPSA) is 51.1 Å². The van der Waals surface area contributed by atoms with Gasteiger partial charge in [-0.15, -0.1) is 24.0 Å². The molecule has 0 aromatic heterocycles. The van der Waals surface area contributed by atoms with Gasteiger partial charge in [0.1, 0.15) is 5.75 Å². The summed E-state index contributed by atoms with van der Waals surface area (Å²) in [4.78, 5) is 9.02. The van der Waals surface area contributed by atoms with E-state index in [1.807, 2.05) is 18.2 Å². The van der Waals surface area contributed by atoms with Crippen LogP contribution in [-0.4, -0.2) is 55.2 Å². The van der Waals surface area contributed by atoms with Gasteiger partial charge < -0.3 is 20.2 Å². The van der Waals surface area contributed by atoms with Crippen LogP contribution in [0.5, 0.6) is 5.75 Å². The van der Waals surface area contributed by atoms with E-state index in [-0.39, 0.29) is 24.0 Å². The lowest BCUT2D eigenvalue weighted by molar-refractivity contribution is 0.370. The molecule has 1 aromatic carbocycles. The van der Waals surface area contributed by atoms with E-state index in [2.05, 4.69) is 34.0 Å². The minimum atomic E-state index is 0. The molecule has 2 N–H and O–H groups in total. The molecule has 2 rings (SSSR count). The van der Waals surface area contributed by atoms with Crippen LogP contribution in [0.15, 0.2) is 29.3 Å². The summed E-state index contributed by atoms with van der Waals surface area (Å²) in [5.41, 5.74) is 0.921. The van der Waals surface area contributed by atoms with Gasteiger partial charge in [-0.1, -0.05) is 12.1 Å². The number of guanidine groups is 1. The average molecular weight is 404 g/mol. The number of aromatic hydroxyl groups is 1. The lowest BCUT2D eigenvalue weighted by Gasteiger charge is -2.37. The van der Waals surface area contributed by atoms with Crippen LogP contribution in [0.25, 0.3) is 0 Å². The molecule has 0 radical (unpaired) electrons. The Hall–Kier alpha value is -1.18. The molecular formula is C15H25IN4O. The molecule has 0 spiro atoms. The minimum Gasteiger partial charge on any atom is -0.506 e. The maximum absolute atomic E-state index is 9.91. The second kappa shape index (κ2) is 8.96. The third-order valence-electron chi connectivity index (χ3n) is 3.44. The highest BCUT2D eigenvalue weighted by atomic mass is 127. The molecule has 0 aliphatic carbocycles. The zero-order valence-corrected chi connectivity index (χ0v) is 15.1. The highest BCUT2D eigenvalue weighted by molar-refractivity contribution is 14.0. The van der Waals surface area contributed by atoms with Gasteiger partial charge in [-0.25, -0.2) is 0 Å². The molecule has 1 aromatic rings. The van der Waals surface area contributed by atoms with Gasteiger partial charge in [0.05, 0.1) is 5.69 Å². The van der Waals surface area contributed by atoms with E-state index in [0.29, 0.717) is 5.75 Å². The number of phenols is 1. The van der Waals surface area contributed by atoms with E-state index in [1.165, 1.54) is 0 Å². The molecule has 21 heavy (non-hydrogen) atoms. The van der Waals surface area contributed by atoms with Crippen molar-refractivity contribution in [3.63, 3.8) is 0 Å². The van der Waals surface area contributed by atoms with Gasteiger partial charge in [0, 0.05) is 39.3 Å². The maximum atomic E-state index is 9.91. The predicted molar refractivity (Wildman–Crippen MR) is 99.0 cm³/mol. The summed E-state index contributed by atoms with van der Waals surface area (Å²) in [7, 11) is 0. The van der Waals surface area contributed by atoms with Crippen LogP contribution in [-0.2, 0) is 0 Å². The molecule has 6 heteroatoms. The number of hydrogen-bond donors (Lipinski definition) is 2. The summed E-state index contributed by atoms with van der Waals surface area (Å²) in [5, 5.41) is 13.2. The van der Waals surface area contributed by atoms with E-state index in [9.17, 15) is 5.11 Å². The second-order valence-electron chi connectivity index (χ2n) is 4.79. The molecular weight excluding hydrogens is 379 g/mol. The number of halogens is 1. The molecule has 0 bridgehead atoms. The number of nitrogens with one attached hydrogen (secondary N) is 1. The SMILES string of the molecule is CCN=C(NCC)N1CCN(c2ccccc2O)CC1.I. The smallest absolute Gasteiger partial charge is 0.194 e. The Balaban J connectivity index is 0.00000220. The first-order chi connectivity index (χ1) is 9.76. The van der Waals surface area contributed by atoms with Crippen molar-refractivity contribution >= 4 is 35.6 Å². The van der Waals surface area contributed by atoms with Gasteiger partial charge in [0.25, 0.3) is 0 Å². The normalized spacial score (nSPS) is 15.6. The Labute approximate surface area is 144 Å². The molecule has 1 saturated heterocycles. The fraction of sp³-hybridized carbons (Fsp3) is 0.533. The standard InChI is InChI=1S/C15H24N4O.HI/c1-3-16-15(17-4-2)19-11-9-18(10-12-19)13-7-5-6-8-14(13)20;/h5-8,20H,3-4,9-12H2,1-2H3,(H,16,17);1H. The van der Waals surface area contributed by atoms with Crippen molar-refractivity contribution in [1.29, 1.82) is 0 Å². The van der Waals surface area contributed by atoms with Gasteiger partial charge in [-0.05, 0) is 26.0 Å². The van der Waals surface area contributed by atoms with Crippen LogP contribution in [0.3, 0.4) is 0 Å². The highest BCUT2D eigenvalue weighted by Crippen LogP contribution is 2.27. The van der Waals surface area contributed by atoms with Gasteiger partial charge in [0.2, 0.25) is 0 Å². The number of hydrogen-bond acceptors (Lipinski definition) is 3. The number of piperazine rings is 1. The highest BCUT2D eigenvalue weighted by Gasteiger charge is 2.20. The third-order valence-corrected chi connectivity index (χ3v) is 3.44. The van der Waals surface area contributed by atoms with Crippen molar-refractivity contribution in [1.82, 2.24) is 10.2 Å². The van der Waals surface area contributed by atoms with Crippen LogP contribution in [0, 0.1) is 0 Å². The van der Waals surface area contributed by atoms with Crippen molar-refractivity contribution < 1.29 is 5.11 Å². The van der Waals surface area contributed by atoms with Gasteiger partial charge >= 0.3 is 0 Å². The monoisotopic (exact) mass is 404 g/mol. The average Bonchev–Trinajstić information content (AvgIpc) is 2.48. The van der Waals surface area contributed by atoms with Crippen molar-refractivity contribution in [2.24, 2.45) is 4.99 Å². The van der Waals surface area contributed by atoms with Gasteiger partial charge in [-0.3, -0.25) is 4.99 Å². The first-order valence-electron chi connectivity index (χ1n) is 7.32. The maximum Gasteiger partial charge on any atom is 0.194 e. The van der Waals surface area contributed by atoms with Crippen molar-refractivity contribution in [2.45, 2.75) is 13.8 Å². The Bertz CT molecular complexity index is 459. The first kappa shape index (κ1) is 17.9. The second-order valence-corrected chi connectivity index (χ2v) is 4.79. The van der Waals surface area contributed by atoms with E-state index in [0.717, 1.165) is 50.9 Å². The number of nitrogens with zero attached hydrogens (tertiary/aromatic N) is 3. The molecule has 0 unspecified atom stereocenters. The number of para-hydroxylation sites is 2. The van der Waals surface area contributed by atoms with Crippen molar-refractivity contribution in [3.8, 4) is 5.75 Å². The van der Waals surface area contributed by atoms with Crippen molar-refractivity contribution in [3.05, 3.63) is 24.3 Å².